The number of hydrogen-bond donors (Lipinski definition) is 2. The van der Waals surface area contributed by atoms with Gasteiger partial charge in [0.1, 0.15) is 5.01 Å². The van der Waals surface area contributed by atoms with E-state index in [1.165, 1.54) is 0 Å². The van der Waals surface area contributed by atoms with E-state index in [9.17, 15) is 4.79 Å². The molecule has 0 saturated carbocycles. The summed E-state index contributed by atoms with van der Waals surface area (Å²) >= 11 is 1.67. The molecule has 1 aromatic heterocycles. The maximum absolute atomic E-state index is 12.6. The van der Waals surface area contributed by atoms with Crippen molar-refractivity contribution in [3.8, 4) is 10.6 Å². The second kappa shape index (κ2) is 7.45. The maximum atomic E-state index is 12.6. The third kappa shape index (κ3) is 3.84. The fourth-order valence-electron chi connectivity index (χ4n) is 3.28. The van der Waals surface area contributed by atoms with Crippen molar-refractivity contribution in [2.45, 2.75) is 45.7 Å². The Labute approximate surface area is 147 Å². The number of hydrogen-bond acceptors (Lipinski definition) is 4. The first-order chi connectivity index (χ1) is 11.5. The summed E-state index contributed by atoms with van der Waals surface area (Å²) in [6.45, 7) is 7.14. The molecule has 1 amide bonds. The molecule has 1 aliphatic heterocycles. The highest BCUT2D eigenvalue weighted by Gasteiger charge is 2.26. The Bertz CT molecular complexity index is 698. The molecule has 0 bridgehead atoms. The molecule has 1 fully saturated rings. The molecular formula is C19H25N3OS. The number of piperidine rings is 1. The zero-order valence-electron chi connectivity index (χ0n) is 14.5. The SMILES string of the molecule is Cc1nc(-c2ccccc2)sc1C(C)NC(=O)[C@H]1CCN[C@@H](C)C1. The predicted molar refractivity (Wildman–Crippen MR) is 99.0 cm³/mol. The third-order valence-corrected chi connectivity index (χ3v) is 5.99. The molecule has 4 nitrogen and oxygen atoms in total. The van der Waals surface area contributed by atoms with Crippen molar-refractivity contribution < 1.29 is 4.79 Å². The molecule has 5 heteroatoms. The smallest absolute Gasteiger partial charge is 0.223 e. The summed E-state index contributed by atoms with van der Waals surface area (Å²) in [7, 11) is 0. The fourth-order valence-corrected chi connectivity index (χ4v) is 4.35. The van der Waals surface area contributed by atoms with Crippen LogP contribution in [0.5, 0.6) is 0 Å². The molecule has 2 N–H and O–H groups in total. The fraction of sp³-hybridized carbons (Fsp3) is 0.474. The minimum absolute atomic E-state index is 0.00217. The van der Waals surface area contributed by atoms with Gasteiger partial charge in [0.2, 0.25) is 5.91 Å². The van der Waals surface area contributed by atoms with Crippen LogP contribution in [0.25, 0.3) is 10.6 Å². The number of aryl methyl sites for hydroxylation is 1. The molecule has 2 aromatic rings. The molecule has 1 unspecified atom stereocenters. The lowest BCUT2D eigenvalue weighted by atomic mass is 9.92. The molecule has 1 aliphatic rings. The van der Waals surface area contributed by atoms with Crippen molar-refractivity contribution in [2.75, 3.05) is 6.54 Å². The van der Waals surface area contributed by atoms with Crippen molar-refractivity contribution in [2.24, 2.45) is 5.92 Å². The van der Waals surface area contributed by atoms with E-state index in [0.717, 1.165) is 40.5 Å². The maximum Gasteiger partial charge on any atom is 0.223 e. The van der Waals surface area contributed by atoms with Crippen LogP contribution in [0.1, 0.15) is 43.3 Å². The number of benzene rings is 1. The van der Waals surface area contributed by atoms with Crippen molar-refractivity contribution in [3.05, 3.63) is 40.9 Å². The first-order valence-electron chi connectivity index (χ1n) is 8.61. The van der Waals surface area contributed by atoms with Gasteiger partial charge >= 0.3 is 0 Å². The number of nitrogens with one attached hydrogen (secondary N) is 2. The third-order valence-electron chi connectivity index (χ3n) is 4.60. The number of carbonyl (C=O) groups excluding carboxylic acids is 1. The van der Waals surface area contributed by atoms with Gasteiger partial charge in [-0.3, -0.25) is 4.79 Å². The molecule has 3 atom stereocenters. The van der Waals surface area contributed by atoms with E-state index in [1.807, 2.05) is 25.1 Å². The van der Waals surface area contributed by atoms with Crippen molar-refractivity contribution in [3.63, 3.8) is 0 Å². The Hall–Kier alpha value is -1.72. The number of amides is 1. The minimum Gasteiger partial charge on any atom is -0.348 e. The lowest BCUT2D eigenvalue weighted by Gasteiger charge is -2.28. The van der Waals surface area contributed by atoms with E-state index in [2.05, 4.69) is 36.6 Å². The van der Waals surface area contributed by atoms with Crippen molar-refractivity contribution in [1.82, 2.24) is 15.6 Å². The van der Waals surface area contributed by atoms with Crippen LogP contribution >= 0.6 is 11.3 Å². The highest BCUT2D eigenvalue weighted by atomic mass is 32.1. The van der Waals surface area contributed by atoms with Crippen LogP contribution < -0.4 is 10.6 Å². The standard InChI is InChI=1S/C19H25N3OS/c1-12-11-16(9-10-20-12)18(23)21-13(2)17-14(3)22-19(24-17)15-7-5-4-6-8-15/h4-8,12-13,16,20H,9-11H2,1-3H3,(H,21,23)/t12-,13?,16-/m0/s1. The Balaban J connectivity index is 1.70. The minimum atomic E-state index is -0.00217. The van der Waals surface area contributed by atoms with Gasteiger partial charge in [0, 0.05) is 17.5 Å². The molecule has 0 radical (unpaired) electrons. The molecule has 0 spiro atoms. The largest absolute Gasteiger partial charge is 0.348 e. The van der Waals surface area contributed by atoms with Gasteiger partial charge < -0.3 is 10.6 Å². The van der Waals surface area contributed by atoms with Gasteiger partial charge in [-0.25, -0.2) is 4.98 Å². The average Bonchev–Trinajstić information content (AvgIpc) is 2.97. The van der Waals surface area contributed by atoms with Gasteiger partial charge in [-0.15, -0.1) is 11.3 Å². The quantitative estimate of drug-likeness (QED) is 0.890. The van der Waals surface area contributed by atoms with Crippen LogP contribution in [0, 0.1) is 12.8 Å². The monoisotopic (exact) mass is 343 g/mol. The average molecular weight is 343 g/mol. The number of nitrogens with zero attached hydrogens (tertiary/aromatic N) is 1. The molecule has 0 aliphatic carbocycles. The summed E-state index contributed by atoms with van der Waals surface area (Å²) in [5.41, 5.74) is 2.13. The molecule has 128 valence electrons. The zero-order valence-corrected chi connectivity index (χ0v) is 15.3. The number of carbonyl (C=O) groups is 1. The van der Waals surface area contributed by atoms with E-state index in [0.29, 0.717) is 6.04 Å². The number of rotatable bonds is 4. The summed E-state index contributed by atoms with van der Waals surface area (Å²) in [6, 6.07) is 10.6. The van der Waals surface area contributed by atoms with Crippen molar-refractivity contribution in [1.29, 1.82) is 0 Å². The van der Waals surface area contributed by atoms with Gasteiger partial charge in [0.15, 0.2) is 0 Å². The molecule has 2 heterocycles. The Kier molecular flexibility index (Phi) is 5.31. The van der Waals surface area contributed by atoms with E-state index in [4.69, 9.17) is 4.98 Å². The van der Waals surface area contributed by atoms with Crippen LogP contribution in [0.4, 0.5) is 0 Å². The lowest BCUT2D eigenvalue weighted by molar-refractivity contribution is -0.126. The molecular weight excluding hydrogens is 318 g/mol. The molecule has 1 aromatic carbocycles. The van der Waals surface area contributed by atoms with E-state index < -0.39 is 0 Å². The molecule has 24 heavy (non-hydrogen) atoms. The van der Waals surface area contributed by atoms with E-state index in [1.54, 1.807) is 11.3 Å². The highest BCUT2D eigenvalue weighted by Crippen LogP contribution is 2.32. The Morgan fingerprint density at radius 1 is 1.38 bits per heavy atom. The second-order valence-electron chi connectivity index (χ2n) is 6.64. The molecule has 1 saturated heterocycles. The molecule has 3 rings (SSSR count). The predicted octanol–water partition coefficient (Wildman–Crippen LogP) is 3.68. The first-order valence-corrected chi connectivity index (χ1v) is 9.42. The van der Waals surface area contributed by atoms with Gasteiger partial charge in [0.05, 0.1) is 16.6 Å². The zero-order chi connectivity index (χ0) is 17.1. The number of thiazole rings is 1. The summed E-state index contributed by atoms with van der Waals surface area (Å²) in [4.78, 5) is 18.4. The van der Waals surface area contributed by atoms with E-state index in [-0.39, 0.29) is 17.9 Å². The lowest BCUT2D eigenvalue weighted by Crippen LogP contribution is -2.42. The Morgan fingerprint density at radius 3 is 2.83 bits per heavy atom. The van der Waals surface area contributed by atoms with Gasteiger partial charge in [-0.1, -0.05) is 30.3 Å². The van der Waals surface area contributed by atoms with Crippen LogP contribution in [0.3, 0.4) is 0 Å². The first kappa shape index (κ1) is 17.1. The van der Waals surface area contributed by atoms with Crippen LogP contribution in [0.15, 0.2) is 30.3 Å². The second-order valence-corrected chi connectivity index (χ2v) is 7.67. The van der Waals surface area contributed by atoms with Gasteiger partial charge in [-0.2, -0.15) is 0 Å². The highest BCUT2D eigenvalue weighted by molar-refractivity contribution is 7.15. The van der Waals surface area contributed by atoms with Gasteiger partial charge in [-0.05, 0) is 40.2 Å². The van der Waals surface area contributed by atoms with Crippen LogP contribution in [-0.2, 0) is 4.79 Å². The van der Waals surface area contributed by atoms with E-state index >= 15 is 0 Å². The topological polar surface area (TPSA) is 54.0 Å². The Morgan fingerprint density at radius 2 is 2.12 bits per heavy atom. The summed E-state index contributed by atoms with van der Waals surface area (Å²) in [5.74, 6) is 0.287. The van der Waals surface area contributed by atoms with Crippen LogP contribution in [-0.4, -0.2) is 23.5 Å². The van der Waals surface area contributed by atoms with Crippen molar-refractivity contribution >= 4 is 17.2 Å². The summed E-state index contributed by atoms with van der Waals surface area (Å²) in [5, 5.41) is 7.60. The van der Waals surface area contributed by atoms with Gasteiger partial charge in [0.25, 0.3) is 0 Å². The summed E-state index contributed by atoms with van der Waals surface area (Å²) < 4.78 is 0. The van der Waals surface area contributed by atoms with Crippen LogP contribution in [0.2, 0.25) is 0 Å². The summed E-state index contributed by atoms with van der Waals surface area (Å²) in [6.07, 6.45) is 1.83. The normalized spacial score (nSPS) is 22.1. The number of aromatic nitrogens is 1.